The summed E-state index contributed by atoms with van der Waals surface area (Å²) in [6.45, 7) is 0.218. The number of benzene rings is 3. The van der Waals surface area contributed by atoms with Gasteiger partial charge in [-0.1, -0.05) is 73.0 Å². The summed E-state index contributed by atoms with van der Waals surface area (Å²) in [5.41, 5.74) is 2.99. The van der Waals surface area contributed by atoms with Crippen molar-refractivity contribution in [1.82, 2.24) is 25.2 Å². The molecule has 0 bridgehead atoms. The molecule has 2 N–H and O–H groups in total. The molecule has 9 heteroatoms. The van der Waals surface area contributed by atoms with E-state index in [1.807, 2.05) is 54.6 Å². The summed E-state index contributed by atoms with van der Waals surface area (Å²) in [6, 6.07) is 21.3. The number of ether oxygens (including phenoxy) is 1. The number of phenolic OH excluding ortho intramolecular Hbond substituents is 1. The third kappa shape index (κ3) is 6.25. The lowest BCUT2D eigenvalue weighted by atomic mass is 9.94. The van der Waals surface area contributed by atoms with Crippen molar-refractivity contribution < 1.29 is 19.4 Å². The summed E-state index contributed by atoms with van der Waals surface area (Å²) in [4.78, 5) is 29.7. The van der Waals surface area contributed by atoms with Crippen LogP contribution in [0.25, 0.3) is 11.0 Å². The van der Waals surface area contributed by atoms with Gasteiger partial charge < -0.3 is 20.1 Å². The maximum Gasteiger partial charge on any atom is 0.247 e. The highest BCUT2D eigenvalue weighted by molar-refractivity contribution is 5.89. The van der Waals surface area contributed by atoms with Crippen LogP contribution in [-0.4, -0.2) is 56.5 Å². The summed E-state index contributed by atoms with van der Waals surface area (Å²) in [5.74, 6) is -0.327. The molecule has 1 atom stereocenters. The lowest BCUT2D eigenvalue weighted by Crippen LogP contribution is -2.48. The van der Waals surface area contributed by atoms with Crippen LogP contribution in [0, 0.1) is 0 Å². The summed E-state index contributed by atoms with van der Waals surface area (Å²) in [6.07, 6.45) is 5.67. The van der Waals surface area contributed by atoms with E-state index in [4.69, 9.17) is 4.74 Å². The zero-order chi connectivity index (χ0) is 27.9. The summed E-state index contributed by atoms with van der Waals surface area (Å²) in [7, 11) is 1.47. The fraction of sp³-hybridized carbons (Fsp3) is 0.355. The van der Waals surface area contributed by atoms with Gasteiger partial charge in [-0.25, -0.2) is 4.68 Å². The largest absolute Gasteiger partial charge is 0.504 e. The molecule has 1 fully saturated rings. The zero-order valence-corrected chi connectivity index (χ0v) is 22.7. The lowest BCUT2D eigenvalue weighted by Gasteiger charge is -2.33. The molecule has 1 aromatic heterocycles. The van der Waals surface area contributed by atoms with Crippen molar-refractivity contribution in [1.29, 1.82) is 0 Å². The molecule has 4 aromatic rings. The maximum atomic E-state index is 14.1. The van der Waals surface area contributed by atoms with E-state index in [1.165, 1.54) is 13.2 Å². The van der Waals surface area contributed by atoms with Crippen LogP contribution in [0.4, 0.5) is 0 Å². The first-order chi connectivity index (χ1) is 19.5. The molecule has 40 heavy (non-hydrogen) atoms. The molecule has 1 unspecified atom stereocenters. The minimum Gasteiger partial charge on any atom is -0.504 e. The lowest BCUT2D eigenvalue weighted by molar-refractivity contribution is -0.141. The number of aromatic hydroxyl groups is 1. The van der Waals surface area contributed by atoms with Crippen LogP contribution in [0.3, 0.4) is 0 Å². The van der Waals surface area contributed by atoms with Crippen LogP contribution >= 0.6 is 0 Å². The Bertz CT molecular complexity index is 1450. The number of methoxy groups -OCH3 is 1. The number of carbonyl (C=O) groups is 2. The fourth-order valence-corrected chi connectivity index (χ4v) is 5.42. The molecular weight excluding hydrogens is 506 g/mol. The van der Waals surface area contributed by atoms with Gasteiger partial charge in [0.15, 0.2) is 11.5 Å². The fourth-order valence-electron chi connectivity index (χ4n) is 5.42. The van der Waals surface area contributed by atoms with Crippen molar-refractivity contribution in [3.05, 3.63) is 83.9 Å². The van der Waals surface area contributed by atoms with Crippen LogP contribution in [0.1, 0.15) is 49.3 Å². The highest BCUT2D eigenvalue weighted by atomic mass is 16.5. The molecule has 3 aromatic carbocycles. The van der Waals surface area contributed by atoms with Crippen molar-refractivity contribution >= 4 is 22.8 Å². The Morgan fingerprint density at radius 3 is 2.55 bits per heavy atom. The average Bonchev–Trinajstić information content (AvgIpc) is 3.38. The number of phenols is 1. The molecule has 0 radical (unpaired) electrons. The number of amides is 2. The molecule has 1 heterocycles. The predicted octanol–water partition coefficient (Wildman–Crippen LogP) is 4.41. The van der Waals surface area contributed by atoms with Crippen LogP contribution in [0.15, 0.2) is 72.8 Å². The van der Waals surface area contributed by atoms with Crippen LogP contribution in [0.2, 0.25) is 0 Å². The van der Waals surface area contributed by atoms with Gasteiger partial charge in [0.1, 0.15) is 18.1 Å². The highest BCUT2D eigenvalue weighted by Gasteiger charge is 2.33. The molecular formula is C31H35N5O4. The quantitative estimate of drug-likeness (QED) is 0.308. The Morgan fingerprint density at radius 1 is 1.05 bits per heavy atom. The second kappa shape index (κ2) is 12.6. The Morgan fingerprint density at radius 2 is 1.80 bits per heavy atom. The number of nitrogens with zero attached hydrogens (tertiary/aromatic N) is 4. The van der Waals surface area contributed by atoms with E-state index in [1.54, 1.807) is 21.7 Å². The van der Waals surface area contributed by atoms with E-state index in [0.29, 0.717) is 29.8 Å². The van der Waals surface area contributed by atoms with Gasteiger partial charge in [-0.05, 0) is 54.7 Å². The number of nitrogens with one attached hydrogen (secondary N) is 1. The minimum atomic E-state index is -0.954. The van der Waals surface area contributed by atoms with E-state index in [0.717, 1.165) is 43.2 Å². The van der Waals surface area contributed by atoms with Gasteiger partial charge in [0.2, 0.25) is 11.8 Å². The van der Waals surface area contributed by atoms with Gasteiger partial charge in [-0.15, -0.1) is 5.10 Å². The summed E-state index contributed by atoms with van der Waals surface area (Å²) >= 11 is 0. The van der Waals surface area contributed by atoms with Gasteiger partial charge in [0.05, 0.1) is 12.6 Å². The van der Waals surface area contributed by atoms with E-state index in [9.17, 15) is 14.7 Å². The van der Waals surface area contributed by atoms with Crippen LogP contribution < -0.4 is 10.1 Å². The molecule has 9 nitrogen and oxygen atoms in total. The van der Waals surface area contributed by atoms with Crippen molar-refractivity contribution in [2.45, 2.75) is 57.2 Å². The summed E-state index contributed by atoms with van der Waals surface area (Å²) < 4.78 is 6.80. The SMILES string of the molecule is COc1ccc(C(C(=O)NC2CCCCC2)N(CCc2ccccc2)C(=O)Cn2nnc3ccccc32)cc1O. The molecule has 2 amide bonds. The van der Waals surface area contributed by atoms with Crippen molar-refractivity contribution in [2.75, 3.05) is 13.7 Å². The van der Waals surface area contributed by atoms with E-state index < -0.39 is 6.04 Å². The number of para-hydroxylation sites is 1. The Labute approximate surface area is 233 Å². The second-order valence-electron chi connectivity index (χ2n) is 10.2. The van der Waals surface area contributed by atoms with E-state index in [2.05, 4.69) is 15.6 Å². The van der Waals surface area contributed by atoms with Gasteiger partial charge in [-0.3, -0.25) is 9.59 Å². The minimum absolute atomic E-state index is 0.0564. The van der Waals surface area contributed by atoms with Crippen LogP contribution in [0.5, 0.6) is 11.5 Å². The van der Waals surface area contributed by atoms with Crippen molar-refractivity contribution in [2.24, 2.45) is 0 Å². The standard InChI is InChI=1S/C31H35N5O4/c1-40-28-17-16-23(20-27(28)37)30(31(39)32-24-12-6-3-7-13-24)35(19-18-22-10-4-2-5-11-22)29(38)21-36-26-15-9-8-14-25(26)33-34-36/h2,4-5,8-11,14-17,20,24,30,37H,3,6-7,12-13,18-19,21H2,1H3,(H,32,39). The molecule has 0 saturated heterocycles. The number of aromatic nitrogens is 3. The molecule has 1 aliphatic carbocycles. The first kappa shape index (κ1) is 27.2. The summed E-state index contributed by atoms with van der Waals surface area (Å²) in [5, 5.41) is 22.2. The number of hydrogen-bond donors (Lipinski definition) is 2. The normalized spacial score (nSPS) is 14.5. The van der Waals surface area contributed by atoms with Crippen molar-refractivity contribution in [3.8, 4) is 11.5 Å². The third-order valence-electron chi connectivity index (χ3n) is 7.54. The molecule has 208 valence electrons. The highest BCUT2D eigenvalue weighted by Crippen LogP contribution is 2.32. The second-order valence-corrected chi connectivity index (χ2v) is 10.2. The van der Waals surface area contributed by atoms with Crippen molar-refractivity contribution in [3.63, 3.8) is 0 Å². The van der Waals surface area contributed by atoms with Gasteiger partial charge in [0.25, 0.3) is 0 Å². The zero-order valence-electron chi connectivity index (χ0n) is 22.7. The topological polar surface area (TPSA) is 110 Å². The maximum absolute atomic E-state index is 14.1. The molecule has 0 aliphatic heterocycles. The molecule has 0 spiro atoms. The number of hydrogen-bond acceptors (Lipinski definition) is 6. The Balaban J connectivity index is 1.50. The Kier molecular flexibility index (Phi) is 8.59. The monoisotopic (exact) mass is 541 g/mol. The first-order valence-corrected chi connectivity index (χ1v) is 13.8. The first-order valence-electron chi connectivity index (χ1n) is 13.8. The van der Waals surface area contributed by atoms with Crippen LogP contribution in [-0.2, 0) is 22.6 Å². The smallest absolute Gasteiger partial charge is 0.247 e. The average molecular weight is 542 g/mol. The van der Waals surface area contributed by atoms with Gasteiger partial charge >= 0.3 is 0 Å². The number of rotatable bonds is 10. The van der Waals surface area contributed by atoms with E-state index >= 15 is 0 Å². The number of fused-ring (bicyclic) bond motifs is 1. The van der Waals surface area contributed by atoms with E-state index in [-0.39, 0.29) is 30.2 Å². The van der Waals surface area contributed by atoms with Gasteiger partial charge in [-0.2, -0.15) is 0 Å². The Hall–Kier alpha value is -4.40. The van der Waals surface area contributed by atoms with Gasteiger partial charge in [0, 0.05) is 12.6 Å². The molecule has 5 rings (SSSR count). The molecule has 1 saturated carbocycles. The third-order valence-corrected chi connectivity index (χ3v) is 7.54. The number of carbonyl (C=O) groups excluding carboxylic acids is 2. The molecule has 1 aliphatic rings. The predicted molar refractivity (Wildman–Crippen MR) is 152 cm³/mol.